The van der Waals surface area contributed by atoms with Gasteiger partial charge in [0, 0.05) is 45.3 Å². The number of nitrogens with zero attached hydrogens (tertiary/aromatic N) is 4. The second kappa shape index (κ2) is 6.26. The fraction of sp³-hybridized carbons (Fsp3) is 0.643. The highest BCUT2D eigenvalue weighted by molar-refractivity contribution is 5.76. The van der Waals surface area contributed by atoms with Crippen LogP contribution in [0.4, 0.5) is 5.69 Å². The number of hydrogen-bond donors (Lipinski definition) is 1. The molecule has 0 atom stereocenters. The van der Waals surface area contributed by atoms with Crippen molar-refractivity contribution in [3.8, 4) is 0 Å². The minimum atomic E-state index is -0.206. The van der Waals surface area contributed by atoms with Gasteiger partial charge in [-0.2, -0.15) is 5.10 Å². The summed E-state index contributed by atoms with van der Waals surface area (Å²) in [5.41, 5.74) is 0.659. The maximum atomic E-state index is 12.1. The van der Waals surface area contributed by atoms with E-state index in [1.165, 1.54) is 4.68 Å². The standard InChI is InChI=1S/C14H21N5O2/c20-13-9-12(17-5-1-2-6-17)10-16-19(13)11-14(21)18-7-3-15-4-8-18/h9-10,15H,1-8,11H2. The van der Waals surface area contributed by atoms with Gasteiger partial charge in [-0.25, -0.2) is 4.68 Å². The highest BCUT2D eigenvalue weighted by Gasteiger charge is 2.18. The Morgan fingerprint density at radius 1 is 1.19 bits per heavy atom. The lowest BCUT2D eigenvalue weighted by Crippen LogP contribution is -2.48. The first-order chi connectivity index (χ1) is 10.2. The van der Waals surface area contributed by atoms with Crippen molar-refractivity contribution in [2.75, 3.05) is 44.2 Å². The highest BCUT2D eigenvalue weighted by atomic mass is 16.2. The molecule has 1 N–H and O–H groups in total. The highest BCUT2D eigenvalue weighted by Crippen LogP contribution is 2.16. The van der Waals surface area contributed by atoms with Crippen LogP contribution in [0, 0.1) is 0 Å². The van der Waals surface area contributed by atoms with Gasteiger partial charge in [-0.15, -0.1) is 0 Å². The van der Waals surface area contributed by atoms with Crippen LogP contribution in [0.1, 0.15) is 12.8 Å². The van der Waals surface area contributed by atoms with Gasteiger partial charge in [-0.3, -0.25) is 9.59 Å². The number of anilines is 1. The topological polar surface area (TPSA) is 70.5 Å². The zero-order valence-corrected chi connectivity index (χ0v) is 12.1. The van der Waals surface area contributed by atoms with E-state index in [0.29, 0.717) is 13.1 Å². The van der Waals surface area contributed by atoms with Crippen LogP contribution in [0.15, 0.2) is 17.1 Å². The van der Waals surface area contributed by atoms with Gasteiger partial charge < -0.3 is 15.1 Å². The first kappa shape index (κ1) is 14.1. The van der Waals surface area contributed by atoms with E-state index < -0.39 is 0 Å². The lowest BCUT2D eigenvalue weighted by molar-refractivity contribution is -0.132. The van der Waals surface area contributed by atoms with Crippen LogP contribution in [0.5, 0.6) is 0 Å². The second-order valence-corrected chi connectivity index (χ2v) is 5.53. The van der Waals surface area contributed by atoms with E-state index in [-0.39, 0.29) is 18.0 Å². The second-order valence-electron chi connectivity index (χ2n) is 5.53. The Kier molecular flexibility index (Phi) is 4.19. The van der Waals surface area contributed by atoms with E-state index in [2.05, 4.69) is 15.3 Å². The number of nitrogens with one attached hydrogen (secondary N) is 1. The van der Waals surface area contributed by atoms with Gasteiger partial charge in [0.2, 0.25) is 5.91 Å². The molecule has 0 saturated carbocycles. The Hall–Kier alpha value is -1.89. The third-order valence-electron chi connectivity index (χ3n) is 4.08. The maximum absolute atomic E-state index is 12.1. The van der Waals surface area contributed by atoms with Gasteiger partial charge >= 0.3 is 0 Å². The molecule has 0 spiro atoms. The van der Waals surface area contributed by atoms with Gasteiger partial charge in [-0.1, -0.05) is 0 Å². The number of piperazine rings is 1. The average Bonchev–Trinajstić information content (AvgIpc) is 3.04. The van der Waals surface area contributed by atoms with Gasteiger partial charge in [-0.05, 0) is 12.8 Å². The van der Waals surface area contributed by atoms with Crippen molar-refractivity contribution < 1.29 is 4.79 Å². The van der Waals surface area contributed by atoms with Crippen molar-refractivity contribution in [2.24, 2.45) is 0 Å². The zero-order valence-electron chi connectivity index (χ0n) is 12.1. The summed E-state index contributed by atoms with van der Waals surface area (Å²) in [6.45, 7) is 4.98. The number of rotatable bonds is 3. The molecule has 0 aliphatic carbocycles. The van der Waals surface area contributed by atoms with Gasteiger partial charge in [0.25, 0.3) is 5.56 Å². The molecule has 2 aliphatic heterocycles. The van der Waals surface area contributed by atoms with Crippen LogP contribution >= 0.6 is 0 Å². The summed E-state index contributed by atoms with van der Waals surface area (Å²) in [5.74, 6) is -0.0416. The Labute approximate surface area is 123 Å². The molecule has 1 amide bonds. The molecule has 3 heterocycles. The summed E-state index contributed by atoms with van der Waals surface area (Å²) in [6, 6.07) is 1.59. The summed E-state index contributed by atoms with van der Waals surface area (Å²) < 4.78 is 1.25. The molecule has 1 aromatic heterocycles. The van der Waals surface area contributed by atoms with Crippen LogP contribution in [-0.4, -0.2) is 59.9 Å². The fourth-order valence-electron chi connectivity index (χ4n) is 2.83. The smallest absolute Gasteiger partial charge is 0.269 e. The van der Waals surface area contributed by atoms with E-state index in [1.807, 2.05) is 0 Å². The summed E-state index contributed by atoms with van der Waals surface area (Å²) in [5, 5.41) is 7.36. The molecule has 0 bridgehead atoms. The molecule has 7 nitrogen and oxygen atoms in total. The normalized spacial score (nSPS) is 19.0. The minimum Gasteiger partial charge on any atom is -0.370 e. The Balaban J connectivity index is 1.67. The minimum absolute atomic E-state index is 0.0269. The number of carbonyl (C=O) groups is 1. The van der Waals surface area contributed by atoms with Crippen molar-refractivity contribution in [3.05, 3.63) is 22.6 Å². The van der Waals surface area contributed by atoms with Crippen molar-refractivity contribution in [3.63, 3.8) is 0 Å². The SMILES string of the molecule is O=C(Cn1ncc(N2CCCC2)cc1=O)N1CCNCC1. The molecule has 114 valence electrons. The molecular formula is C14H21N5O2. The summed E-state index contributed by atoms with van der Waals surface area (Å²) in [4.78, 5) is 28.2. The number of amides is 1. The first-order valence-electron chi connectivity index (χ1n) is 7.55. The van der Waals surface area contributed by atoms with Crippen molar-refractivity contribution in [1.82, 2.24) is 20.0 Å². The molecule has 0 aromatic carbocycles. The molecule has 2 aliphatic rings. The Bertz CT molecular complexity index is 559. The van der Waals surface area contributed by atoms with E-state index in [0.717, 1.165) is 44.7 Å². The molecule has 0 unspecified atom stereocenters. The molecule has 21 heavy (non-hydrogen) atoms. The van der Waals surface area contributed by atoms with Crippen LogP contribution < -0.4 is 15.8 Å². The van der Waals surface area contributed by atoms with E-state index >= 15 is 0 Å². The quantitative estimate of drug-likeness (QED) is 0.795. The zero-order chi connectivity index (χ0) is 14.7. The monoisotopic (exact) mass is 291 g/mol. The third-order valence-corrected chi connectivity index (χ3v) is 4.08. The predicted octanol–water partition coefficient (Wildman–Crippen LogP) is -0.725. The Morgan fingerprint density at radius 2 is 1.90 bits per heavy atom. The van der Waals surface area contributed by atoms with Crippen LogP contribution in [0.25, 0.3) is 0 Å². The fourth-order valence-corrected chi connectivity index (χ4v) is 2.83. The van der Waals surface area contributed by atoms with Crippen molar-refractivity contribution >= 4 is 11.6 Å². The summed E-state index contributed by atoms with van der Waals surface area (Å²) in [6.07, 6.45) is 4.01. The summed E-state index contributed by atoms with van der Waals surface area (Å²) >= 11 is 0. The first-order valence-corrected chi connectivity index (χ1v) is 7.55. The largest absolute Gasteiger partial charge is 0.370 e. The third kappa shape index (κ3) is 3.24. The molecule has 0 radical (unpaired) electrons. The summed E-state index contributed by atoms with van der Waals surface area (Å²) in [7, 11) is 0. The lowest BCUT2D eigenvalue weighted by Gasteiger charge is -2.27. The predicted molar refractivity (Wildman–Crippen MR) is 79.4 cm³/mol. The number of carbonyl (C=O) groups excluding carboxylic acids is 1. The van der Waals surface area contributed by atoms with E-state index in [4.69, 9.17) is 0 Å². The molecule has 1 aromatic rings. The Morgan fingerprint density at radius 3 is 2.57 bits per heavy atom. The molecular weight excluding hydrogens is 270 g/mol. The average molecular weight is 291 g/mol. The lowest BCUT2D eigenvalue weighted by atomic mass is 10.3. The van der Waals surface area contributed by atoms with Crippen LogP contribution in [0.2, 0.25) is 0 Å². The number of aromatic nitrogens is 2. The molecule has 2 saturated heterocycles. The number of hydrogen-bond acceptors (Lipinski definition) is 5. The molecule has 3 rings (SSSR count). The van der Waals surface area contributed by atoms with Crippen molar-refractivity contribution in [1.29, 1.82) is 0 Å². The molecule has 2 fully saturated rings. The van der Waals surface area contributed by atoms with Gasteiger partial charge in [0.15, 0.2) is 0 Å². The van der Waals surface area contributed by atoms with Gasteiger partial charge in [0.1, 0.15) is 6.54 Å². The molecule has 7 heteroatoms. The van der Waals surface area contributed by atoms with Crippen molar-refractivity contribution in [2.45, 2.75) is 19.4 Å². The van der Waals surface area contributed by atoms with Crippen LogP contribution in [-0.2, 0) is 11.3 Å². The van der Waals surface area contributed by atoms with Gasteiger partial charge in [0.05, 0.1) is 11.9 Å². The maximum Gasteiger partial charge on any atom is 0.269 e. The van der Waals surface area contributed by atoms with E-state index in [9.17, 15) is 9.59 Å². The van der Waals surface area contributed by atoms with Crippen LogP contribution in [0.3, 0.4) is 0 Å². The van der Waals surface area contributed by atoms with E-state index in [1.54, 1.807) is 17.2 Å².